The average Bonchev–Trinajstić information content (AvgIpc) is 2.88. The quantitative estimate of drug-likeness (QED) is 0.898. The highest BCUT2D eigenvalue weighted by Gasteiger charge is 2.05. The SMILES string of the molecule is Cc1ccc(OCC(=O)NCc2ccco2)c(C)c1. The molecule has 2 rings (SSSR count). The standard InChI is InChI=1S/C15H17NO3/c1-11-5-6-14(12(2)8-11)19-10-15(17)16-9-13-4-3-7-18-13/h3-8H,9-10H2,1-2H3,(H,16,17). The van der Waals surface area contributed by atoms with Gasteiger partial charge in [-0.15, -0.1) is 0 Å². The molecule has 19 heavy (non-hydrogen) atoms. The Balaban J connectivity index is 1.80. The van der Waals surface area contributed by atoms with Gasteiger partial charge in [0.15, 0.2) is 6.61 Å². The predicted octanol–water partition coefficient (Wildman–Crippen LogP) is 2.59. The van der Waals surface area contributed by atoms with Gasteiger partial charge in [0.1, 0.15) is 11.5 Å². The summed E-state index contributed by atoms with van der Waals surface area (Å²) >= 11 is 0. The molecule has 4 heteroatoms. The number of ether oxygens (including phenoxy) is 1. The first-order valence-electron chi connectivity index (χ1n) is 6.14. The zero-order chi connectivity index (χ0) is 13.7. The Kier molecular flexibility index (Phi) is 4.23. The first-order valence-corrected chi connectivity index (χ1v) is 6.14. The van der Waals surface area contributed by atoms with Crippen molar-refractivity contribution in [3.8, 4) is 5.75 Å². The normalized spacial score (nSPS) is 10.2. The largest absolute Gasteiger partial charge is 0.484 e. The average molecular weight is 259 g/mol. The summed E-state index contributed by atoms with van der Waals surface area (Å²) in [6.45, 7) is 4.36. The van der Waals surface area contributed by atoms with Crippen molar-refractivity contribution in [1.29, 1.82) is 0 Å². The Morgan fingerprint density at radius 1 is 1.32 bits per heavy atom. The van der Waals surface area contributed by atoms with Crippen LogP contribution in [0.15, 0.2) is 41.0 Å². The van der Waals surface area contributed by atoms with E-state index in [1.807, 2.05) is 38.1 Å². The van der Waals surface area contributed by atoms with Crippen LogP contribution >= 0.6 is 0 Å². The van der Waals surface area contributed by atoms with Gasteiger partial charge in [0.2, 0.25) is 0 Å². The van der Waals surface area contributed by atoms with Crippen molar-refractivity contribution in [3.63, 3.8) is 0 Å². The molecule has 4 nitrogen and oxygen atoms in total. The van der Waals surface area contributed by atoms with Gasteiger partial charge < -0.3 is 14.5 Å². The van der Waals surface area contributed by atoms with E-state index in [1.165, 1.54) is 5.56 Å². The molecule has 2 aromatic rings. The summed E-state index contributed by atoms with van der Waals surface area (Å²) in [7, 11) is 0. The van der Waals surface area contributed by atoms with Gasteiger partial charge in [-0.05, 0) is 37.6 Å². The molecule has 0 aliphatic heterocycles. The molecule has 0 bridgehead atoms. The summed E-state index contributed by atoms with van der Waals surface area (Å²) in [6.07, 6.45) is 1.58. The molecule has 0 saturated heterocycles. The molecule has 0 radical (unpaired) electrons. The van der Waals surface area contributed by atoms with Crippen LogP contribution < -0.4 is 10.1 Å². The van der Waals surface area contributed by atoms with E-state index in [0.717, 1.165) is 17.1 Å². The van der Waals surface area contributed by atoms with Crippen molar-refractivity contribution < 1.29 is 13.9 Å². The van der Waals surface area contributed by atoms with Gasteiger partial charge in [0.05, 0.1) is 12.8 Å². The van der Waals surface area contributed by atoms with Gasteiger partial charge in [-0.2, -0.15) is 0 Å². The minimum absolute atomic E-state index is 0.00457. The molecule has 0 fully saturated rings. The zero-order valence-corrected chi connectivity index (χ0v) is 11.1. The molecule has 1 N–H and O–H groups in total. The molecule has 0 spiro atoms. The lowest BCUT2D eigenvalue weighted by molar-refractivity contribution is -0.123. The fraction of sp³-hybridized carbons (Fsp3) is 0.267. The highest BCUT2D eigenvalue weighted by molar-refractivity contribution is 5.77. The third-order valence-corrected chi connectivity index (χ3v) is 2.73. The van der Waals surface area contributed by atoms with Crippen molar-refractivity contribution in [3.05, 3.63) is 53.5 Å². The summed E-state index contributed by atoms with van der Waals surface area (Å²) in [5.41, 5.74) is 2.20. The molecule has 100 valence electrons. The maximum Gasteiger partial charge on any atom is 0.258 e. The maximum atomic E-state index is 11.6. The van der Waals surface area contributed by atoms with E-state index in [-0.39, 0.29) is 12.5 Å². The number of benzene rings is 1. The Hall–Kier alpha value is -2.23. The van der Waals surface area contributed by atoms with Crippen LogP contribution in [0, 0.1) is 13.8 Å². The van der Waals surface area contributed by atoms with E-state index in [9.17, 15) is 4.79 Å². The Bertz CT molecular complexity index is 547. The number of hydrogen-bond acceptors (Lipinski definition) is 3. The van der Waals surface area contributed by atoms with Crippen molar-refractivity contribution >= 4 is 5.91 Å². The number of carbonyl (C=O) groups is 1. The summed E-state index contributed by atoms with van der Waals surface area (Å²) < 4.78 is 10.6. The minimum Gasteiger partial charge on any atom is -0.484 e. The van der Waals surface area contributed by atoms with Gasteiger partial charge in [-0.1, -0.05) is 17.7 Å². The topological polar surface area (TPSA) is 51.5 Å². The molecule has 0 aliphatic carbocycles. The number of aryl methyl sites for hydroxylation is 2. The van der Waals surface area contributed by atoms with E-state index in [0.29, 0.717) is 6.54 Å². The van der Waals surface area contributed by atoms with Crippen molar-refractivity contribution in [2.24, 2.45) is 0 Å². The number of rotatable bonds is 5. The zero-order valence-electron chi connectivity index (χ0n) is 11.1. The summed E-state index contributed by atoms with van der Waals surface area (Å²) in [6, 6.07) is 9.46. The third kappa shape index (κ3) is 3.88. The highest BCUT2D eigenvalue weighted by Crippen LogP contribution is 2.18. The number of hydrogen-bond donors (Lipinski definition) is 1. The van der Waals surface area contributed by atoms with Crippen molar-refractivity contribution in [1.82, 2.24) is 5.32 Å². The molecule has 0 aliphatic rings. The van der Waals surface area contributed by atoms with E-state index >= 15 is 0 Å². The Labute approximate surface area is 112 Å². The molecule has 0 saturated carbocycles. The van der Waals surface area contributed by atoms with Crippen LogP contribution in [0.1, 0.15) is 16.9 Å². The fourth-order valence-electron chi connectivity index (χ4n) is 1.75. The molecular weight excluding hydrogens is 242 g/mol. The third-order valence-electron chi connectivity index (χ3n) is 2.73. The molecule has 1 amide bonds. The molecular formula is C15H17NO3. The number of carbonyl (C=O) groups excluding carboxylic acids is 1. The lowest BCUT2D eigenvalue weighted by Crippen LogP contribution is -2.28. The minimum atomic E-state index is -0.170. The molecule has 1 aromatic carbocycles. The molecule has 1 heterocycles. The summed E-state index contributed by atoms with van der Waals surface area (Å²) in [4.78, 5) is 11.6. The van der Waals surface area contributed by atoms with Crippen LogP contribution in [0.3, 0.4) is 0 Å². The van der Waals surface area contributed by atoms with Gasteiger partial charge in [0.25, 0.3) is 5.91 Å². The smallest absolute Gasteiger partial charge is 0.258 e. The van der Waals surface area contributed by atoms with Gasteiger partial charge in [-0.3, -0.25) is 4.79 Å². The number of furan rings is 1. The molecule has 0 unspecified atom stereocenters. The van der Waals surface area contributed by atoms with Crippen LogP contribution in [0.4, 0.5) is 0 Å². The van der Waals surface area contributed by atoms with Gasteiger partial charge >= 0.3 is 0 Å². The van der Waals surface area contributed by atoms with Crippen LogP contribution in [0.2, 0.25) is 0 Å². The van der Waals surface area contributed by atoms with Crippen molar-refractivity contribution in [2.75, 3.05) is 6.61 Å². The second kappa shape index (κ2) is 6.09. The second-order valence-electron chi connectivity index (χ2n) is 4.41. The number of nitrogens with one attached hydrogen (secondary N) is 1. The summed E-state index contributed by atoms with van der Waals surface area (Å²) in [5, 5.41) is 2.73. The maximum absolute atomic E-state index is 11.6. The first-order chi connectivity index (χ1) is 9.15. The van der Waals surface area contributed by atoms with E-state index in [4.69, 9.17) is 9.15 Å². The Morgan fingerprint density at radius 2 is 2.16 bits per heavy atom. The van der Waals surface area contributed by atoms with Crippen LogP contribution in [-0.4, -0.2) is 12.5 Å². The highest BCUT2D eigenvalue weighted by atomic mass is 16.5. The van der Waals surface area contributed by atoms with Crippen LogP contribution in [0.5, 0.6) is 5.75 Å². The van der Waals surface area contributed by atoms with Crippen molar-refractivity contribution in [2.45, 2.75) is 20.4 Å². The predicted molar refractivity (Wildman–Crippen MR) is 72.0 cm³/mol. The lowest BCUT2D eigenvalue weighted by Gasteiger charge is -2.09. The monoisotopic (exact) mass is 259 g/mol. The van der Waals surface area contributed by atoms with Gasteiger partial charge in [0, 0.05) is 0 Å². The summed E-state index contributed by atoms with van der Waals surface area (Å²) in [5.74, 6) is 1.29. The lowest BCUT2D eigenvalue weighted by atomic mass is 10.1. The van der Waals surface area contributed by atoms with E-state index in [2.05, 4.69) is 5.32 Å². The van der Waals surface area contributed by atoms with Crippen LogP contribution in [-0.2, 0) is 11.3 Å². The fourth-order valence-corrected chi connectivity index (χ4v) is 1.75. The second-order valence-corrected chi connectivity index (χ2v) is 4.41. The number of amides is 1. The molecule has 0 atom stereocenters. The Morgan fingerprint density at radius 3 is 2.84 bits per heavy atom. The van der Waals surface area contributed by atoms with Crippen LogP contribution in [0.25, 0.3) is 0 Å². The first kappa shape index (κ1) is 13.2. The van der Waals surface area contributed by atoms with E-state index < -0.39 is 0 Å². The van der Waals surface area contributed by atoms with E-state index in [1.54, 1.807) is 12.3 Å². The van der Waals surface area contributed by atoms with Gasteiger partial charge in [-0.25, -0.2) is 0 Å². The molecule has 1 aromatic heterocycles.